The molecule has 1 heterocycles. The van der Waals surface area contributed by atoms with Gasteiger partial charge in [0.2, 0.25) is 11.8 Å². The van der Waals surface area contributed by atoms with Gasteiger partial charge in [0.1, 0.15) is 0 Å². The zero-order chi connectivity index (χ0) is 20.8. The number of halogens is 1. The van der Waals surface area contributed by atoms with Crippen LogP contribution in [0.4, 0.5) is 5.69 Å². The molecule has 1 atom stereocenters. The van der Waals surface area contributed by atoms with Crippen molar-refractivity contribution in [1.82, 2.24) is 5.32 Å². The van der Waals surface area contributed by atoms with Crippen LogP contribution in [0.3, 0.4) is 0 Å². The number of hydrogen-bond acceptors (Lipinski definition) is 5. The van der Waals surface area contributed by atoms with Crippen molar-refractivity contribution in [3.8, 4) is 6.07 Å². The predicted molar refractivity (Wildman–Crippen MR) is 119 cm³/mol. The number of amides is 2. The van der Waals surface area contributed by atoms with Gasteiger partial charge in [0.15, 0.2) is 0 Å². The SMILES string of the molecule is CSc1ccc([C@@H]2CC(=O)NC(SCC(=O)Nc3ccccc3Cl)=C2C#N)cc1. The van der Waals surface area contributed by atoms with Crippen molar-refractivity contribution < 1.29 is 9.59 Å². The number of nitriles is 1. The number of carbonyl (C=O) groups excluding carboxylic acids is 2. The van der Waals surface area contributed by atoms with E-state index >= 15 is 0 Å². The summed E-state index contributed by atoms with van der Waals surface area (Å²) >= 11 is 8.83. The predicted octanol–water partition coefficient (Wildman–Crippen LogP) is 4.77. The van der Waals surface area contributed by atoms with Gasteiger partial charge in [-0.1, -0.05) is 47.6 Å². The van der Waals surface area contributed by atoms with Gasteiger partial charge in [-0.25, -0.2) is 0 Å². The summed E-state index contributed by atoms with van der Waals surface area (Å²) < 4.78 is 0. The molecule has 1 aliphatic heterocycles. The molecule has 0 fully saturated rings. The molecular weight excluding hydrogens is 426 g/mol. The highest BCUT2D eigenvalue weighted by Gasteiger charge is 2.29. The quantitative estimate of drug-likeness (QED) is 0.628. The number of benzene rings is 2. The van der Waals surface area contributed by atoms with E-state index in [0.717, 1.165) is 22.2 Å². The van der Waals surface area contributed by atoms with E-state index in [2.05, 4.69) is 16.7 Å². The fourth-order valence-electron chi connectivity index (χ4n) is 2.94. The molecule has 0 saturated heterocycles. The molecule has 2 amide bonds. The summed E-state index contributed by atoms with van der Waals surface area (Å²) in [7, 11) is 0. The van der Waals surface area contributed by atoms with Gasteiger partial charge in [0.25, 0.3) is 0 Å². The zero-order valence-corrected chi connectivity index (χ0v) is 18.0. The van der Waals surface area contributed by atoms with Gasteiger partial charge < -0.3 is 10.6 Å². The van der Waals surface area contributed by atoms with Crippen LogP contribution >= 0.6 is 35.1 Å². The standard InChI is InChI=1S/C21H18ClN3O2S2/c1-28-14-8-6-13(7-9-14)15-10-19(26)25-21(16(15)11-23)29-12-20(27)24-18-5-3-2-4-17(18)22/h2-9,15H,10,12H2,1H3,(H,24,27)(H,25,26)/t15-/m0/s1. The third-order valence-electron chi connectivity index (χ3n) is 4.37. The summed E-state index contributed by atoms with van der Waals surface area (Å²) in [6, 6.07) is 17.0. The first-order valence-electron chi connectivity index (χ1n) is 8.77. The molecule has 0 spiro atoms. The molecule has 0 aromatic heterocycles. The third kappa shape index (κ3) is 5.36. The Morgan fingerprint density at radius 2 is 2.00 bits per heavy atom. The van der Waals surface area contributed by atoms with E-state index in [1.165, 1.54) is 0 Å². The van der Waals surface area contributed by atoms with Gasteiger partial charge in [-0.15, -0.1) is 11.8 Å². The Morgan fingerprint density at radius 3 is 2.66 bits per heavy atom. The van der Waals surface area contributed by atoms with E-state index in [4.69, 9.17) is 11.6 Å². The van der Waals surface area contributed by atoms with Crippen LogP contribution in [0.1, 0.15) is 17.9 Å². The molecule has 2 aromatic carbocycles. The second-order valence-corrected chi connectivity index (χ2v) is 8.52. The lowest BCUT2D eigenvalue weighted by Crippen LogP contribution is -2.31. The molecule has 0 radical (unpaired) electrons. The normalized spacial score (nSPS) is 16.2. The highest BCUT2D eigenvalue weighted by molar-refractivity contribution is 8.03. The fraction of sp³-hybridized carbons (Fsp3) is 0.190. The minimum absolute atomic E-state index is 0.0458. The fourth-order valence-corrected chi connectivity index (χ4v) is 4.41. The van der Waals surface area contributed by atoms with Crippen LogP contribution in [0.25, 0.3) is 0 Å². The van der Waals surface area contributed by atoms with Crippen LogP contribution in [-0.2, 0) is 9.59 Å². The maximum absolute atomic E-state index is 12.3. The number of para-hydroxylation sites is 1. The highest BCUT2D eigenvalue weighted by atomic mass is 35.5. The van der Waals surface area contributed by atoms with Crippen LogP contribution in [0.5, 0.6) is 0 Å². The monoisotopic (exact) mass is 443 g/mol. The summed E-state index contributed by atoms with van der Waals surface area (Å²) in [5.41, 5.74) is 1.90. The average molecular weight is 444 g/mol. The van der Waals surface area contributed by atoms with E-state index in [9.17, 15) is 14.9 Å². The van der Waals surface area contributed by atoms with E-state index in [1.807, 2.05) is 30.5 Å². The van der Waals surface area contributed by atoms with Crippen molar-refractivity contribution in [3.05, 3.63) is 69.7 Å². The maximum atomic E-state index is 12.3. The highest BCUT2D eigenvalue weighted by Crippen LogP contribution is 2.36. The molecule has 29 heavy (non-hydrogen) atoms. The van der Waals surface area contributed by atoms with Crippen LogP contribution < -0.4 is 10.6 Å². The van der Waals surface area contributed by atoms with Gasteiger partial charge >= 0.3 is 0 Å². The first kappa shape index (κ1) is 21.3. The number of rotatable bonds is 6. The third-order valence-corrected chi connectivity index (χ3v) is 6.46. The molecular formula is C21H18ClN3O2S2. The lowest BCUT2D eigenvalue weighted by Gasteiger charge is -2.25. The first-order chi connectivity index (χ1) is 14.0. The number of carbonyl (C=O) groups is 2. The molecule has 2 aromatic rings. The minimum Gasteiger partial charge on any atom is -0.324 e. The van der Waals surface area contributed by atoms with Crippen molar-refractivity contribution in [2.75, 3.05) is 17.3 Å². The van der Waals surface area contributed by atoms with Crippen molar-refractivity contribution in [3.63, 3.8) is 0 Å². The van der Waals surface area contributed by atoms with E-state index < -0.39 is 0 Å². The number of nitrogens with one attached hydrogen (secondary N) is 2. The molecule has 3 rings (SSSR count). The number of allylic oxidation sites excluding steroid dienone is 1. The summed E-state index contributed by atoms with van der Waals surface area (Å²) in [5.74, 6) is -0.714. The van der Waals surface area contributed by atoms with E-state index in [1.54, 1.807) is 36.0 Å². The van der Waals surface area contributed by atoms with Gasteiger partial charge in [0, 0.05) is 17.2 Å². The maximum Gasteiger partial charge on any atom is 0.234 e. The minimum atomic E-state index is -0.321. The van der Waals surface area contributed by atoms with Gasteiger partial charge in [-0.05, 0) is 36.1 Å². The van der Waals surface area contributed by atoms with Crippen molar-refractivity contribution in [2.45, 2.75) is 17.2 Å². The van der Waals surface area contributed by atoms with Gasteiger partial charge in [0.05, 0.1) is 33.1 Å². The van der Waals surface area contributed by atoms with Crippen LogP contribution in [0.2, 0.25) is 5.02 Å². The molecule has 2 N–H and O–H groups in total. The van der Waals surface area contributed by atoms with Crippen LogP contribution in [-0.4, -0.2) is 23.8 Å². The molecule has 0 bridgehead atoms. The van der Waals surface area contributed by atoms with Crippen molar-refractivity contribution in [1.29, 1.82) is 5.26 Å². The second kappa shape index (κ2) is 9.88. The smallest absolute Gasteiger partial charge is 0.234 e. The Kier molecular flexibility index (Phi) is 7.26. The molecule has 0 aliphatic carbocycles. The van der Waals surface area contributed by atoms with E-state index in [0.29, 0.717) is 21.3 Å². The molecule has 0 saturated carbocycles. The summed E-state index contributed by atoms with van der Waals surface area (Å²) in [6.45, 7) is 0. The van der Waals surface area contributed by atoms with Gasteiger partial charge in [-0.2, -0.15) is 5.26 Å². The van der Waals surface area contributed by atoms with Crippen molar-refractivity contribution >= 4 is 52.6 Å². The summed E-state index contributed by atoms with van der Waals surface area (Å²) in [5, 5.41) is 16.1. The first-order valence-corrected chi connectivity index (χ1v) is 11.4. The number of hydrogen-bond donors (Lipinski definition) is 2. The Hall–Kier alpha value is -2.40. The van der Waals surface area contributed by atoms with Crippen LogP contribution in [0.15, 0.2) is 64.0 Å². The van der Waals surface area contributed by atoms with Crippen molar-refractivity contribution in [2.24, 2.45) is 0 Å². The molecule has 8 heteroatoms. The molecule has 1 aliphatic rings. The Labute approximate surface area is 182 Å². The van der Waals surface area contributed by atoms with Crippen LogP contribution in [0, 0.1) is 11.3 Å². The average Bonchev–Trinajstić information content (AvgIpc) is 2.73. The Morgan fingerprint density at radius 1 is 1.28 bits per heavy atom. The Bertz CT molecular complexity index is 1000. The lowest BCUT2D eigenvalue weighted by molar-refractivity contribution is -0.121. The number of thioether (sulfide) groups is 2. The second-order valence-electron chi connectivity index (χ2n) is 6.25. The molecule has 0 unspecified atom stereocenters. The lowest BCUT2D eigenvalue weighted by atomic mass is 9.87. The molecule has 148 valence electrons. The molecule has 5 nitrogen and oxygen atoms in total. The topological polar surface area (TPSA) is 82.0 Å². The van der Waals surface area contributed by atoms with Gasteiger partial charge in [-0.3, -0.25) is 9.59 Å². The zero-order valence-electron chi connectivity index (χ0n) is 15.6. The van der Waals surface area contributed by atoms with E-state index in [-0.39, 0.29) is 29.9 Å². The summed E-state index contributed by atoms with van der Waals surface area (Å²) in [6.07, 6.45) is 2.20. The number of anilines is 1. The largest absolute Gasteiger partial charge is 0.324 e. The Balaban J connectivity index is 1.75. The number of nitrogens with zero attached hydrogens (tertiary/aromatic N) is 1. The summed E-state index contributed by atoms with van der Waals surface area (Å²) in [4.78, 5) is 25.6.